The molecule has 0 aromatic heterocycles. The zero-order chi connectivity index (χ0) is 13.1. The van der Waals surface area contributed by atoms with Crippen LogP contribution in [-0.4, -0.2) is 47.7 Å². The van der Waals surface area contributed by atoms with Crippen molar-refractivity contribution in [1.82, 2.24) is 10.2 Å². The van der Waals surface area contributed by atoms with Crippen LogP contribution in [0, 0.1) is 5.82 Å². The zero-order valence-electron chi connectivity index (χ0n) is 10.5. The Labute approximate surface area is 115 Å². The zero-order valence-corrected chi connectivity index (χ0v) is 11.3. The predicted molar refractivity (Wildman–Crippen MR) is 77.3 cm³/mol. The number of nitrogens with one attached hydrogen (secondary N) is 1. The Bertz CT molecular complexity index is 506. The Morgan fingerprint density at radius 3 is 2.47 bits per heavy atom. The smallest absolute Gasteiger partial charge is 0.186 e. The lowest BCUT2D eigenvalue weighted by molar-refractivity contribution is 0.362. The highest BCUT2D eigenvalue weighted by atomic mass is 32.2. The van der Waals surface area contributed by atoms with Gasteiger partial charge in [-0.2, -0.15) is 5.10 Å². The number of halogens is 1. The maximum Gasteiger partial charge on any atom is 0.186 e. The van der Waals surface area contributed by atoms with Crippen LogP contribution in [0.2, 0.25) is 0 Å². The highest BCUT2D eigenvalue weighted by molar-refractivity contribution is 8.14. The van der Waals surface area contributed by atoms with Crippen molar-refractivity contribution in [2.45, 2.75) is 0 Å². The molecule has 2 heterocycles. The first kappa shape index (κ1) is 12.6. The van der Waals surface area contributed by atoms with Crippen molar-refractivity contribution in [1.29, 1.82) is 0 Å². The molecule has 1 fully saturated rings. The normalized spacial score (nSPS) is 19.9. The lowest BCUT2D eigenvalue weighted by Crippen LogP contribution is -2.46. The molecule has 0 bridgehead atoms. The molecule has 0 unspecified atom stereocenters. The topological polar surface area (TPSA) is 40.0 Å². The molecule has 6 heteroatoms. The van der Waals surface area contributed by atoms with Gasteiger partial charge in [0.25, 0.3) is 0 Å². The number of hydrogen-bond acceptors (Lipinski definition) is 5. The van der Waals surface area contributed by atoms with Crippen molar-refractivity contribution in [3.8, 4) is 0 Å². The minimum absolute atomic E-state index is 0.224. The quantitative estimate of drug-likeness (QED) is 0.847. The average molecular weight is 278 g/mol. The number of thioether (sulfide) groups is 1. The van der Waals surface area contributed by atoms with E-state index in [-0.39, 0.29) is 5.82 Å². The molecule has 100 valence electrons. The van der Waals surface area contributed by atoms with Crippen LogP contribution in [0.4, 0.5) is 4.39 Å². The van der Waals surface area contributed by atoms with E-state index in [1.807, 2.05) is 0 Å². The number of hydrogen-bond donors (Lipinski definition) is 1. The number of benzene rings is 1. The molecule has 0 amide bonds. The number of nitrogens with zero attached hydrogens (tertiary/aromatic N) is 3. The second-order valence-corrected chi connectivity index (χ2v) is 5.40. The van der Waals surface area contributed by atoms with Crippen LogP contribution in [0.15, 0.2) is 34.5 Å². The molecule has 19 heavy (non-hydrogen) atoms. The predicted octanol–water partition coefficient (Wildman–Crippen LogP) is 1.54. The van der Waals surface area contributed by atoms with Gasteiger partial charge >= 0.3 is 0 Å². The molecule has 4 nitrogen and oxygen atoms in total. The first-order chi connectivity index (χ1) is 9.33. The molecule has 0 spiro atoms. The summed E-state index contributed by atoms with van der Waals surface area (Å²) in [6, 6.07) is 6.41. The molecule has 1 aromatic carbocycles. The minimum atomic E-state index is -0.224. The van der Waals surface area contributed by atoms with E-state index in [0.717, 1.165) is 48.4 Å². The van der Waals surface area contributed by atoms with Crippen LogP contribution in [-0.2, 0) is 0 Å². The van der Waals surface area contributed by atoms with Gasteiger partial charge in [-0.3, -0.25) is 0 Å². The third-order valence-corrected chi connectivity index (χ3v) is 4.18. The van der Waals surface area contributed by atoms with Crippen molar-refractivity contribution >= 4 is 22.6 Å². The molecule has 1 N–H and O–H groups in total. The SMILES string of the molecule is Fc1ccc(C2=NN=C(N3CCNCC3)SC2)cc1. The molecule has 0 radical (unpaired) electrons. The third-order valence-electron chi connectivity index (χ3n) is 3.16. The molecule has 2 aliphatic heterocycles. The van der Waals surface area contributed by atoms with Gasteiger partial charge in [0.15, 0.2) is 5.17 Å². The maximum absolute atomic E-state index is 12.9. The first-order valence-corrected chi connectivity index (χ1v) is 7.30. The molecule has 0 atom stereocenters. The summed E-state index contributed by atoms with van der Waals surface area (Å²) >= 11 is 1.70. The van der Waals surface area contributed by atoms with E-state index in [0.29, 0.717) is 0 Å². The molecule has 0 aliphatic carbocycles. The lowest BCUT2D eigenvalue weighted by Gasteiger charge is -2.30. The first-order valence-electron chi connectivity index (χ1n) is 6.32. The van der Waals surface area contributed by atoms with Crippen molar-refractivity contribution < 1.29 is 4.39 Å². The van der Waals surface area contributed by atoms with E-state index in [4.69, 9.17) is 0 Å². The van der Waals surface area contributed by atoms with Crippen molar-refractivity contribution in [3.63, 3.8) is 0 Å². The van der Waals surface area contributed by atoms with Crippen LogP contribution in [0.3, 0.4) is 0 Å². The fraction of sp³-hybridized carbons (Fsp3) is 0.385. The van der Waals surface area contributed by atoms with E-state index in [1.54, 1.807) is 23.9 Å². The van der Waals surface area contributed by atoms with Crippen LogP contribution in [0.1, 0.15) is 5.56 Å². The Balaban J connectivity index is 1.74. The summed E-state index contributed by atoms with van der Waals surface area (Å²) in [6.07, 6.45) is 0. The highest BCUT2D eigenvalue weighted by Gasteiger charge is 2.19. The van der Waals surface area contributed by atoms with E-state index in [2.05, 4.69) is 20.4 Å². The van der Waals surface area contributed by atoms with Crippen LogP contribution < -0.4 is 5.32 Å². The molecule has 1 aromatic rings. The Kier molecular flexibility index (Phi) is 3.79. The van der Waals surface area contributed by atoms with Crippen LogP contribution in [0.25, 0.3) is 0 Å². The summed E-state index contributed by atoms with van der Waals surface area (Å²) < 4.78 is 12.9. The second-order valence-electron chi connectivity index (χ2n) is 4.46. The number of rotatable bonds is 1. The van der Waals surface area contributed by atoms with Gasteiger partial charge in [-0.05, 0) is 17.7 Å². The molecular weight excluding hydrogens is 263 g/mol. The third kappa shape index (κ3) is 2.96. The highest BCUT2D eigenvalue weighted by Crippen LogP contribution is 2.18. The van der Waals surface area contributed by atoms with Gasteiger partial charge in [0.05, 0.1) is 5.71 Å². The summed E-state index contributed by atoms with van der Waals surface area (Å²) in [5, 5.41) is 12.9. The van der Waals surface area contributed by atoms with Crippen LogP contribution >= 0.6 is 11.8 Å². The van der Waals surface area contributed by atoms with Gasteiger partial charge in [0, 0.05) is 31.9 Å². The van der Waals surface area contributed by atoms with Gasteiger partial charge in [-0.25, -0.2) is 4.39 Å². The van der Waals surface area contributed by atoms with E-state index in [9.17, 15) is 4.39 Å². The largest absolute Gasteiger partial charge is 0.347 e. The van der Waals surface area contributed by atoms with E-state index in [1.165, 1.54) is 12.1 Å². The minimum Gasteiger partial charge on any atom is -0.347 e. The van der Waals surface area contributed by atoms with Crippen molar-refractivity contribution in [3.05, 3.63) is 35.6 Å². The fourth-order valence-corrected chi connectivity index (χ4v) is 3.04. The van der Waals surface area contributed by atoms with Crippen LogP contribution in [0.5, 0.6) is 0 Å². The standard InChI is InChI=1S/C13H15FN4S/c14-11-3-1-10(2-4-11)12-9-19-13(17-16-12)18-7-5-15-6-8-18/h1-4,15H,5-9H2. The fourth-order valence-electron chi connectivity index (χ4n) is 2.09. The molecule has 1 saturated heterocycles. The van der Waals surface area contributed by atoms with Gasteiger partial charge in [-0.1, -0.05) is 23.9 Å². The Morgan fingerprint density at radius 1 is 1.11 bits per heavy atom. The Morgan fingerprint density at radius 2 is 1.84 bits per heavy atom. The molecular formula is C13H15FN4S. The Hall–Kier alpha value is -1.40. The summed E-state index contributed by atoms with van der Waals surface area (Å²) in [7, 11) is 0. The van der Waals surface area contributed by atoms with Gasteiger partial charge in [0.1, 0.15) is 5.82 Å². The van der Waals surface area contributed by atoms with E-state index >= 15 is 0 Å². The summed E-state index contributed by atoms with van der Waals surface area (Å²) in [5.74, 6) is 0.562. The van der Waals surface area contributed by atoms with Gasteiger partial charge < -0.3 is 10.2 Å². The summed E-state index contributed by atoms with van der Waals surface area (Å²) in [6.45, 7) is 3.95. The monoisotopic (exact) mass is 278 g/mol. The van der Waals surface area contributed by atoms with Crippen molar-refractivity contribution in [2.75, 3.05) is 31.9 Å². The maximum atomic E-state index is 12.9. The van der Waals surface area contributed by atoms with Crippen molar-refractivity contribution in [2.24, 2.45) is 10.2 Å². The number of amidine groups is 1. The summed E-state index contributed by atoms with van der Waals surface area (Å²) in [4.78, 5) is 2.26. The number of piperazine rings is 1. The second kappa shape index (κ2) is 5.71. The molecule has 0 saturated carbocycles. The average Bonchev–Trinajstić information content (AvgIpc) is 2.49. The summed E-state index contributed by atoms with van der Waals surface area (Å²) in [5.41, 5.74) is 1.85. The van der Waals surface area contributed by atoms with Gasteiger partial charge in [0.2, 0.25) is 0 Å². The molecule has 2 aliphatic rings. The van der Waals surface area contributed by atoms with Gasteiger partial charge in [-0.15, -0.1) is 5.10 Å². The van der Waals surface area contributed by atoms with E-state index < -0.39 is 0 Å². The lowest BCUT2D eigenvalue weighted by atomic mass is 10.1. The molecule has 3 rings (SSSR count).